The molecule has 0 aliphatic heterocycles. The standard InChI is InChI=1S/C24H28FN3O3/c1-5-28(6-2)23(29)18-9-7-17(8-10-18)14-26-24(30)27-16(4)22-15(3)20-13-19(25)11-12-21(20)31-22/h7-13,16H,5-6,14H2,1-4H3,(H2,26,27,30). The molecule has 1 aromatic heterocycles. The van der Waals surface area contributed by atoms with Crippen molar-refractivity contribution in [1.29, 1.82) is 0 Å². The first-order valence-electron chi connectivity index (χ1n) is 10.4. The van der Waals surface area contributed by atoms with Crippen LogP contribution in [0.25, 0.3) is 11.0 Å². The Kier molecular flexibility index (Phi) is 6.95. The second kappa shape index (κ2) is 9.64. The number of amides is 3. The van der Waals surface area contributed by atoms with Crippen molar-refractivity contribution in [2.75, 3.05) is 13.1 Å². The van der Waals surface area contributed by atoms with E-state index in [2.05, 4.69) is 10.6 Å². The Hall–Kier alpha value is -3.35. The Labute approximate surface area is 181 Å². The molecule has 1 heterocycles. The lowest BCUT2D eigenvalue weighted by Gasteiger charge is -2.18. The minimum atomic E-state index is -0.385. The molecule has 3 amide bonds. The van der Waals surface area contributed by atoms with Crippen molar-refractivity contribution in [3.63, 3.8) is 0 Å². The molecule has 3 aromatic rings. The smallest absolute Gasteiger partial charge is 0.315 e. The van der Waals surface area contributed by atoms with Gasteiger partial charge in [-0.05, 0) is 63.6 Å². The van der Waals surface area contributed by atoms with Gasteiger partial charge in [0.15, 0.2) is 0 Å². The number of rotatable bonds is 7. The molecule has 1 unspecified atom stereocenters. The third-order valence-corrected chi connectivity index (χ3v) is 5.38. The fourth-order valence-corrected chi connectivity index (χ4v) is 3.58. The van der Waals surface area contributed by atoms with Gasteiger partial charge in [-0.2, -0.15) is 0 Å². The second-order valence-electron chi connectivity index (χ2n) is 7.45. The molecular formula is C24H28FN3O3. The fraction of sp³-hybridized carbons (Fsp3) is 0.333. The van der Waals surface area contributed by atoms with Crippen LogP contribution in [0.3, 0.4) is 0 Å². The van der Waals surface area contributed by atoms with Crippen LogP contribution in [0.5, 0.6) is 0 Å². The highest BCUT2D eigenvalue weighted by atomic mass is 19.1. The van der Waals surface area contributed by atoms with Crippen LogP contribution in [-0.2, 0) is 6.54 Å². The van der Waals surface area contributed by atoms with E-state index in [1.54, 1.807) is 23.1 Å². The molecule has 0 aliphatic carbocycles. The molecule has 2 N–H and O–H groups in total. The van der Waals surface area contributed by atoms with E-state index in [-0.39, 0.29) is 23.8 Å². The van der Waals surface area contributed by atoms with Gasteiger partial charge in [0.2, 0.25) is 0 Å². The normalized spacial score (nSPS) is 11.9. The van der Waals surface area contributed by atoms with E-state index in [4.69, 9.17) is 4.42 Å². The first-order chi connectivity index (χ1) is 14.8. The van der Waals surface area contributed by atoms with Crippen molar-refractivity contribution in [3.05, 3.63) is 70.7 Å². The van der Waals surface area contributed by atoms with E-state index in [1.165, 1.54) is 12.1 Å². The van der Waals surface area contributed by atoms with Crippen LogP contribution in [0, 0.1) is 12.7 Å². The summed E-state index contributed by atoms with van der Waals surface area (Å²) < 4.78 is 19.3. The topological polar surface area (TPSA) is 74.6 Å². The third-order valence-electron chi connectivity index (χ3n) is 5.38. The lowest BCUT2D eigenvalue weighted by molar-refractivity contribution is 0.0773. The van der Waals surface area contributed by atoms with E-state index < -0.39 is 0 Å². The van der Waals surface area contributed by atoms with E-state index >= 15 is 0 Å². The van der Waals surface area contributed by atoms with Gasteiger partial charge in [-0.3, -0.25) is 4.79 Å². The summed E-state index contributed by atoms with van der Waals surface area (Å²) in [7, 11) is 0. The lowest BCUT2D eigenvalue weighted by Crippen LogP contribution is -2.36. The number of nitrogens with zero attached hydrogens (tertiary/aromatic N) is 1. The van der Waals surface area contributed by atoms with Crippen molar-refractivity contribution in [3.8, 4) is 0 Å². The second-order valence-corrected chi connectivity index (χ2v) is 7.45. The predicted octanol–water partition coefficient (Wildman–Crippen LogP) is 4.92. The number of benzene rings is 2. The molecule has 164 valence electrons. The van der Waals surface area contributed by atoms with Crippen molar-refractivity contribution in [2.45, 2.75) is 40.3 Å². The maximum Gasteiger partial charge on any atom is 0.315 e. The number of halogens is 1. The average molecular weight is 426 g/mol. The Bertz CT molecular complexity index is 1070. The number of fused-ring (bicyclic) bond motifs is 1. The molecule has 0 aliphatic rings. The number of furan rings is 1. The quantitative estimate of drug-likeness (QED) is 0.564. The number of hydrogen-bond acceptors (Lipinski definition) is 3. The molecule has 0 radical (unpaired) electrons. The van der Waals surface area contributed by atoms with E-state index in [9.17, 15) is 14.0 Å². The molecule has 0 bridgehead atoms. The van der Waals surface area contributed by atoms with Crippen LogP contribution >= 0.6 is 0 Å². The summed E-state index contributed by atoms with van der Waals surface area (Å²) >= 11 is 0. The molecule has 1 atom stereocenters. The summed E-state index contributed by atoms with van der Waals surface area (Å²) in [6.45, 7) is 9.21. The minimum absolute atomic E-state index is 0.00263. The first-order valence-corrected chi connectivity index (χ1v) is 10.4. The molecule has 0 fully saturated rings. The van der Waals surface area contributed by atoms with Crippen molar-refractivity contribution in [1.82, 2.24) is 15.5 Å². The lowest BCUT2D eigenvalue weighted by atomic mass is 10.1. The number of nitrogens with one attached hydrogen (secondary N) is 2. The van der Waals surface area contributed by atoms with Crippen molar-refractivity contribution >= 4 is 22.9 Å². The van der Waals surface area contributed by atoms with Gasteiger partial charge < -0.3 is 20.0 Å². The van der Waals surface area contributed by atoms with Crippen LogP contribution in [0.4, 0.5) is 9.18 Å². The summed E-state index contributed by atoms with van der Waals surface area (Å²) in [6, 6.07) is 10.8. The summed E-state index contributed by atoms with van der Waals surface area (Å²) in [4.78, 5) is 26.5. The van der Waals surface area contributed by atoms with Crippen LogP contribution in [-0.4, -0.2) is 29.9 Å². The van der Waals surface area contributed by atoms with Gasteiger partial charge in [-0.15, -0.1) is 0 Å². The van der Waals surface area contributed by atoms with Gasteiger partial charge in [-0.25, -0.2) is 9.18 Å². The molecule has 2 aromatic carbocycles. The first kappa shape index (κ1) is 22.3. The zero-order valence-electron chi connectivity index (χ0n) is 18.3. The summed E-state index contributed by atoms with van der Waals surface area (Å²) in [5.41, 5.74) is 2.90. The van der Waals surface area contributed by atoms with Gasteiger partial charge in [-0.1, -0.05) is 12.1 Å². The maximum atomic E-state index is 13.5. The third kappa shape index (κ3) is 5.05. The Morgan fingerprint density at radius 3 is 2.42 bits per heavy atom. The van der Waals surface area contributed by atoms with Gasteiger partial charge in [0, 0.05) is 36.1 Å². The monoisotopic (exact) mass is 425 g/mol. The number of carbonyl (C=O) groups is 2. The van der Waals surface area contributed by atoms with Gasteiger partial charge >= 0.3 is 6.03 Å². The Balaban J connectivity index is 1.58. The van der Waals surface area contributed by atoms with E-state index in [1.807, 2.05) is 39.8 Å². The molecule has 6 nitrogen and oxygen atoms in total. The Morgan fingerprint density at radius 1 is 1.10 bits per heavy atom. The summed E-state index contributed by atoms with van der Waals surface area (Å²) in [5.74, 6) is 0.262. The maximum absolute atomic E-state index is 13.5. The van der Waals surface area contributed by atoms with Gasteiger partial charge in [0.25, 0.3) is 5.91 Å². The highest BCUT2D eigenvalue weighted by molar-refractivity contribution is 5.94. The molecule has 7 heteroatoms. The average Bonchev–Trinajstić information content (AvgIpc) is 3.09. The Morgan fingerprint density at radius 2 is 1.77 bits per heavy atom. The van der Waals surface area contributed by atoms with Crippen LogP contribution < -0.4 is 10.6 Å². The van der Waals surface area contributed by atoms with Crippen LogP contribution in [0.2, 0.25) is 0 Å². The van der Waals surface area contributed by atoms with Crippen LogP contribution in [0.1, 0.15) is 54.1 Å². The summed E-state index contributed by atoms with van der Waals surface area (Å²) in [5, 5.41) is 6.35. The summed E-state index contributed by atoms with van der Waals surface area (Å²) in [6.07, 6.45) is 0. The molecule has 31 heavy (non-hydrogen) atoms. The highest BCUT2D eigenvalue weighted by Gasteiger charge is 2.19. The zero-order chi connectivity index (χ0) is 22.5. The number of hydrogen-bond donors (Lipinski definition) is 2. The largest absolute Gasteiger partial charge is 0.459 e. The molecule has 0 saturated carbocycles. The molecule has 0 spiro atoms. The minimum Gasteiger partial charge on any atom is -0.459 e. The molecule has 0 saturated heterocycles. The van der Waals surface area contributed by atoms with Crippen molar-refractivity contribution in [2.24, 2.45) is 0 Å². The van der Waals surface area contributed by atoms with Crippen molar-refractivity contribution < 1.29 is 18.4 Å². The zero-order valence-corrected chi connectivity index (χ0v) is 18.3. The fourth-order valence-electron chi connectivity index (χ4n) is 3.58. The SMILES string of the molecule is CCN(CC)C(=O)c1ccc(CNC(=O)NC(C)c2oc3ccc(F)cc3c2C)cc1. The molecule has 3 rings (SSSR count). The van der Waals surface area contributed by atoms with E-state index in [0.29, 0.717) is 41.9 Å². The van der Waals surface area contributed by atoms with Crippen LogP contribution in [0.15, 0.2) is 46.9 Å². The highest BCUT2D eigenvalue weighted by Crippen LogP contribution is 2.29. The predicted molar refractivity (Wildman–Crippen MR) is 118 cm³/mol. The van der Waals surface area contributed by atoms with Gasteiger partial charge in [0.05, 0.1) is 6.04 Å². The molecular weight excluding hydrogens is 397 g/mol. The number of carbonyl (C=O) groups excluding carboxylic acids is 2. The number of aryl methyl sites for hydroxylation is 1. The number of urea groups is 1. The van der Waals surface area contributed by atoms with E-state index in [0.717, 1.165) is 11.1 Å². The van der Waals surface area contributed by atoms with Gasteiger partial charge in [0.1, 0.15) is 17.2 Å².